The van der Waals surface area contributed by atoms with E-state index >= 15 is 0 Å². The van der Waals surface area contributed by atoms with E-state index < -0.39 is 0 Å². The normalized spacial score (nSPS) is 18.4. The Hall–Kier alpha value is -1.88. The summed E-state index contributed by atoms with van der Waals surface area (Å²) in [5, 5.41) is 3.33. The third-order valence-corrected chi connectivity index (χ3v) is 3.41. The first-order valence-electron chi connectivity index (χ1n) is 7.10. The highest BCUT2D eigenvalue weighted by Crippen LogP contribution is 2.26. The van der Waals surface area contributed by atoms with Crippen LogP contribution in [0.5, 0.6) is 11.8 Å². The summed E-state index contributed by atoms with van der Waals surface area (Å²) >= 11 is 0. The first-order valence-corrected chi connectivity index (χ1v) is 7.10. The molecular formula is C15H19N3O2. The lowest BCUT2D eigenvalue weighted by Gasteiger charge is -2.13. The van der Waals surface area contributed by atoms with Crippen molar-refractivity contribution < 1.29 is 9.47 Å². The number of fused-ring (bicyclic) bond motifs is 1. The molecule has 0 radical (unpaired) electrons. The summed E-state index contributed by atoms with van der Waals surface area (Å²) in [6.45, 7) is 5.21. The van der Waals surface area contributed by atoms with Gasteiger partial charge in [0, 0.05) is 12.5 Å². The van der Waals surface area contributed by atoms with E-state index in [9.17, 15) is 0 Å². The van der Waals surface area contributed by atoms with E-state index in [0.29, 0.717) is 30.9 Å². The average molecular weight is 273 g/mol. The molecule has 1 saturated heterocycles. The van der Waals surface area contributed by atoms with Crippen molar-refractivity contribution in [2.24, 2.45) is 5.92 Å². The van der Waals surface area contributed by atoms with Crippen molar-refractivity contribution in [1.29, 1.82) is 0 Å². The molecule has 20 heavy (non-hydrogen) atoms. The number of aromatic nitrogens is 2. The van der Waals surface area contributed by atoms with Crippen LogP contribution in [0, 0.1) is 5.92 Å². The molecule has 106 valence electrons. The van der Waals surface area contributed by atoms with Crippen LogP contribution in [0.25, 0.3) is 11.0 Å². The number of para-hydroxylation sites is 2. The Balaban J connectivity index is 1.84. The van der Waals surface area contributed by atoms with Crippen LogP contribution in [0.3, 0.4) is 0 Å². The predicted octanol–water partition coefficient (Wildman–Crippen LogP) is 2.02. The van der Waals surface area contributed by atoms with Crippen molar-refractivity contribution in [3.63, 3.8) is 0 Å². The number of nitrogens with zero attached hydrogens (tertiary/aromatic N) is 2. The lowest BCUT2D eigenvalue weighted by molar-refractivity contribution is 0.228. The zero-order valence-electron chi connectivity index (χ0n) is 11.6. The second-order valence-electron chi connectivity index (χ2n) is 4.93. The second-order valence-corrected chi connectivity index (χ2v) is 4.93. The Morgan fingerprint density at radius 1 is 1.15 bits per heavy atom. The van der Waals surface area contributed by atoms with Crippen molar-refractivity contribution in [3.05, 3.63) is 24.3 Å². The van der Waals surface area contributed by atoms with E-state index in [-0.39, 0.29) is 0 Å². The molecule has 1 aromatic carbocycles. The van der Waals surface area contributed by atoms with Crippen LogP contribution in [0.2, 0.25) is 0 Å². The van der Waals surface area contributed by atoms with Gasteiger partial charge in [0.15, 0.2) is 0 Å². The van der Waals surface area contributed by atoms with Crippen LogP contribution < -0.4 is 14.8 Å². The minimum atomic E-state index is 0.483. The van der Waals surface area contributed by atoms with Gasteiger partial charge in [-0.2, -0.15) is 0 Å². The number of benzene rings is 1. The van der Waals surface area contributed by atoms with E-state index in [1.807, 2.05) is 31.2 Å². The predicted molar refractivity (Wildman–Crippen MR) is 77.2 cm³/mol. The summed E-state index contributed by atoms with van der Waals surface area (Å²) in [5.74, 6) is 1.52. The van der Waals surface area contributed by atoms with Crippen LogP contribution in [-0.2, 0) is 0 Å². The van der Waals surface area contributed by atoms with Crippen LogP contribution >= 0.6 is 0 Å². The Bertz CT molecular complexity index is 582. The molecule has 1 N–H and O–H groups in total. The van der Waals surface area contributed by atoms with Crippen LogP contribution in [0.15, 0.2) is 24.3 Å². The molecule has 0 bridgehead atoms. The third kappa shape index (κ3) is 2.82. The molecule has 5 heteroatoms. The molecule has 2 heterocycles. The summed E-state index contributed by atoms with van der Waals surface area (Å²) < 4.78 is 11.4. The largest absolute Gasteiger partial charge is 0.474 e. The summed E-state index contributed by atoms with van der Waals surface area (Å²) in [5.41, 5.74) is 1.65. The van der Waals surface area contributed by atoms with Crippen molar-refractivity contribution in [3.8, 4) is 11.8 Å². The molecule has 1 aliphatic rings. The molecule has 1 aromatic heterocycles. The lowest BCUT2D eigenvalue weighted by atomic mass is 10.1. The fraction of sp³-hybridized carbons (Fsp3) is 0.467. The highest BCUT2D eigenvalue weighted by Gasteiger charge is 2.17. The number of rotatable bonds is 5. The van der Waals surface area contributed by atoms with Crippen molar-refractivity contribution in [2.75, 3.05) is 26.3 Å². The minimum Gasteiger partial charge on any atom is -0.474 e. The fourth-order valence-corrected chi connectivity index (χ4v) is 2.35. The number of nitrogens with one attached hydrogen (secondary N) is 1. The Labute approximate surface area is 118 Å². The summed E-state index contributed by atoms with van der Waals surface area (Å²) in [4.78, 5) is 9.01. The lowest BCUT2D eigenvalue weighted by Crippen LogP contribution is -2.16. The second kappa shape index (κ2) is 6.05. The van der Waals surface area contributed by atoms with Gasteiger partial charge in [-0.25, -0.2) is 9.97 Å². The monoisotopic (exact) mass is 273 g/mol. The molecule has 0 saturated carbocycles. The quantitative estimate of drug-likeness (QED) is 0.903. The highest BCUT2D eigenvalue weighted by molar-refractivity contribution is 5.75. The van der Waals surface area contributed by atoms with Crippen molar-refractivity contribution in [2.45, 2.75) is 13.3 Å². The van der Waals surface area contributed by atoms with E-state index in [4.69, 9.17) is 9.47 Å². The van der Waals surface area contributed by atoms with E-state index in [2.05, 4.69) is 15.3 Å². The minimum absolute atomic E-state index is 0.483. The van der Waals surface area contributed by atoms with E-state index in [1.54, 1.807) is 0 Å². The van der Waals surface area contributed by atoms with Gasteiger partial charge >= 0.3 is 0 Å². The van der Waals surface area contributed by atoms with Crippen molar-refractivity contribution >= 4 is 11.0 Å². The van der Waals surface area contributed by atoms with E-state index in [0.717, 1.165) is 30.5 Å². The van der Waals surface area contributed by atoms with Crippen LogP contribution in [0.4, 0.5) is 0 Å². The highest BCUT2D eigenvalue weighted by atomic mass is 16.5. The van der Waals surface area contributed by atoms with Crippen molar-refractivity contribution in [1.82, 2.24) is 15.3 Å². The summed E-state index contributed by atoms with van der Waals surface area (Å²) in [6.07, 6.45) is 1.14. The molecule has 0 unspecified atom stereocenters. The van der Waals surface area contributed by atoms with Gasteiger partial charge in [0.2, 0.25) is 0 Å². The molecule has 0 spiro atoms. The van der Waals surface area contributed by atoms with Gasteiger partial charge in [-0.3, -0.25) is 0 Å². The number of hydrogen-bond donors (Lipinski definition) is 1. The van der Waals surface area contributed by atoms with Gasteiger partial charge in [0.05, 0.1) is 24.2 Å². The SMILES string of the molecule is CCOc1nc2ccccc2nc1OC[C@H]1CCNC1. The van der Waals surface area contributed by atoms with Crippen LogP contribution in [0.1, 0.15) is 13.3 Å². The molecule has 1 fully saturated rings. The Morgan fingerprint density at radius 3 is 2.45 bits per heavy atom. The van der Waals surface area contributed by atoms with Crippen LogP contribution in [-0.4, -0.2) is 36.3 Å². The molecule has 1 aliphatic heterocycles. The fourth-order valence-electron chi connectivity index (χ4n) is 2.35. The molecule has 2 aromatic rings. The Morgan fingerprint density at radius 2 is 1.85 bits per heavy atom. The zero-order chi connectivity index (χ0) is 13.8. The zero-order valence-corrected chi connectivity index (χ0v) is 11.6. The van der Waals surface area contributed by atoms with Gasteiger partial charge in [-0.15, -0.1) is 0 Å². The smallest absolute Gasteiger partial charge is 0.278 e. The van der Waals surface area contributed by atoms with Gasteiger partial charge in [-0.1, -0.05) is 12.1 Å². The molecule has 3 rings (SSSR count). The Kier molecular flexibility index (Phi) is 3.97. The van der Waals surface area contributed by atoms with Gasteiger partial charge in [-0.05, 0) is 32.0 Å². The van der Waals surface area contributed by atoms with E-state index in [1.165, 1.54) is 0 Å². The summed E-state index contributed by atoms with van der Waals surface area (Å²) in [7, 11) is 0. The molecule has 0 amide bonds. The maximum Gasteiger partial charge on any atom is 0.278 e. The topological polar surface area (TPSA) is 56.3 Å². The average Bonchev–Trinajstić information content (AvgIpc) is 2.98. The first kappa shape index (κ1) is 13.1. The first-order chi connectivity index (χ1) is 9.86. The number of ether oxygens (including phenoxy) is 2. The molecular weight excluding hydrogens is 254 g/mol. The maximum atomic E-state index is 5.84. The summed E-state index contributed by atoms with van der Waals surface area (Å²) in [6, 6.07) is 7.75. The van der Waals surface area contributed by atoms with Gasteiger partial charge in [0.1, 0.15) is 0 Å². The third-order valence-electron chi connectivity index (χ3n) is 3.41. The molecule has 5 nitrogen and oxygen atoms in total. The maximum absolute atomic E-state index is 5.84. The molecule has 0 aliphatic carbocycles. The van der Waals surface area contributed by atoms with Gasteiger partial charge in [0.25, 0.3) is 11.8 Å². The van der Waals surface area contributed by atoms with Gasteiger partial charge < -0.3 is 14.8 Å². The molecule has 1 atom stereocenters. The number of hydrogen-bond acceptors (Lipinski definition) is 5. The standard InChI is InChI=1S/C15H19N3O2/c1-2-19-14-15(20-10-11-7-8-16-9-11)18-13-6-4-3-5-12(13)17-14/h3-6,11,16H,2,7-10H2,1H3/t11-/m0/s1.